The van der Waals surface area contributed by atoms with Crippen LogP contribution in [0.1, 0.15) is 5.01 Å². The van der Waals surface area contributed by atoms with Crippen LogP contribution in [0.25, 0.3) is 21.5 Å². The van der Waals surface area contributed by atoms with Crippen LogP contribution in [0, 0.1) is 13.0 Å². The van der Waals surface area contributed by atoms with E-state index in [-0.39, 0.29) is 0 Å². The van der Waals surface area contributed by atoms with Gasteiger partial charge >= 0.3 is 0 Å². The Morgan fingerprint density at radius 2 is 2.19 bits per heavy atom. The normalized spacial score (nSPS) is 10.8. The predicted octanol–water partition coefficient (Wildman–Crippen LogP) is 3.47. The Morgan fingerprint density at radius 1 is 1.25 bits per heavy atom. The van der Waals surface area contributed by atoms with Crippen molar-refractivity contribution in [3.8, 4) is 11.3 Å². The number of rotatable bonds is 1. The van der Waals surface area contributed by atoms with Crippen LogP contribution >= 0.6 is 11.3 Å². The van der Waals surface area contributed by atoms with Crippen LogP contribution in [0.3, 0.4) is 0 Å². The molecule has 0 saturated carbocycles. The number of hydrogen-bond donors (Lipinski definition) is 0. The van der Waals surface area contributed by atoms with Crippen LogP contribution in [0.2, 0.25) is 0 Å². The summed E-state index contributed by atoms with van der Waals surface area (Å²) in [6.07, 6.45) is 1.79. The lowest BCUT2D eigenvalue weighted by Crippen LogP contribution is -1.83. The Hall–Kier alpha value is -1.74. The topological polar surface area (TPSA) is 25.8 Å². The molecule has 0 fully saturated rings. The first-order valence-electron chi connectivity index (χ1n) is 5.04. The lowest BCUT2D eigenvalue weighted by atomic mass is 10.1. The van der Waals surface area contributed by atoms with E-state index >= 15 is 0 Å². The predicted molar refractivity (Wildman–Crippen MR) is 66.4 cm³/mol. The molecule has 0 unspecified atom stereocenters. The number of fused-ring (bicyclic) bond motifs is 1. The third-order valence-corrected chi connectivity index (χ3v) is 3.32. The molecule has 0 aliphatic rings. The molecule has 0 spiro atoms. The summed E-state index contributed by atoms with van der Waals surface area (Å²) in [6, 6.07) is 13.1. The van der Waals surface area contributed by atoms with Gasteiger partial charge in [0, 0.05) is 11.8 Å². The minimum atomic E-state index is 0.929. The van der Waals surface area contributed by atoms with E-state index in [1.807, 2.05) is 37.3 Å². The first-order chi connectivity index (χ1) is 7.84. The highest BCUT2D eigenvalue weighted by Crippen LogP contribution is 2.29. The van der Waals surface area contributed by atoms with Crippen LogP contribution in [-0.4, -0.2) is 9.97 Å². The van der Waals surface area contributed by atoms with Gasteiger partial charge in [-0.1, -0.05) is 12.1 Å². The minimum absolute atomic E-state index is 0.929. The molecule has 0 aliphatic carbocycles. The molecule has 2 aromatic heterocycles. The summed E-state index contributed by atoms with van der Waals surface area (Å²) in [5.41, 5.74) is 2.92. The molecule has 16 heavy (non-hydrogen) atoms. The van der Waals surface area contributed by atoms with E-state index < -0.39 is 0 Å². The Labute approximate surface area is 97.6 Å². The molecule has 0 amide bonds. The molecule has 2 heterocycles. The summed E-state index contributed by atoms with van der Waals surface area (Å²) >= 11 is 1.70. The summed E-state index contributed by atoms with van der Waals surface area (Å²) < 4.78 is 1.19. The summed E-state index contributed by atoms with van der Waals surface area (Å²) in [7, 11) is 0. The Balaban J connectivity index is 2.31. The standard InChI is InChI=1S/C13H9N2S/c1-9-15-13-10(5-4-7-12(13)16-9)11-6-2-3-8-14-11/h2-4,6-8H,1H3. The summed E-state index contributed by atoms with van der Waals surface area (Å²) in [6.45, 7) is 2.02. The van der Waals surface area contributed by atoms with Crippen molar-refractivity contribution in [2.24, 2.45) is 0 Å². The van der Waals surface area contributed by atoms with Crippen LogP contribution in [0.5, 0.6) is 0 Å². The van der Waals surface area contributed by atoms with Crippen molar-refractivity contribution in [3.05, 3.63) is 47.6 Å². The van der Waals surface area contributed by atoms with Gasteiger partial charge in [0.1, 0.15) is 0 Å². The molecule has 3 heteroatoms. The van der Waals surface area contributed by atoms with Crippen molar-refractivity contribution >= 4 is 21.6 Å². The average Bonchev–Trinajstić information content (AvgIpc) is 2.70. The van der Waals surface area contributed by atoms with Crippen LogP contribution < -0.4 is 0 Å². The zero-order valence-corrected chi connectivity index (χ0v) is 9.58. The summed E-state index contributed by atoms with van der Waals surface area (Å²) in [5, 5.41) is 1.08. The Bertz CT molecular complexity index is 629. The molecule has 3 aromatic rings. The maximum absolute atomic E-state index is 4.54. The van der Waals surface area contributed by atoms with E-state index in [4.69, 9.17) is 0 Å². The average molecular weight is 225 g/mol. The lowest BCUT2D eigenvalue weighted by molar-refractivity contribution is 1.31. The van der Waals surface area contributed by atoms with Crippen LogP contribution in [0.15, 0.2) is 36.5 Å². The highest BCUT2D eigenvalue weighted by atomic mass is 32.1. The van der Waals surface area contributed by atoms with Gasteiger partial charge in [0.2, 0.25) is 0 Å². The third-order valence-electron chi connectivity index (χ3n) is 2.38. The minimum Gasteiger partial charge on any atom is -0.256 e. The van der Waals surface area contributed by atoms with Gasteiger partial charge in [-0.15, -0.1) is 11.3 Å². The molecule has 1 radical (unpaired) electrons. The quantitative estimate of drug-likeness (QED) is 0.633. The molecule has 2 nitrogen and oxygen atoms in total. The molecule has 0 bridgehead atoms. The second-order valence-electron chi connectivity index (χ2n) is 3.51. The smallest absolute Gasteiger partial charge is 0.0915 e. The summed E-state index contributed by atoms with van der Waals surface area (Å²) in [4.78, 5) is 8.88. The molecular weight excluding hydrogens is 216 g/mol. The van der Waals surface area contributed by atoms with E-state index in [1.54, 1.807) is 17.5 Å². The molecule has 0 saturated heterocycles. The van der Waals surface area contributed by atoms with E-state index in [0.717, 1.165) is 21.8 Å². The van der Waals surface area contributed by atoms with Gasteiger partial charge in [-0.05, 0) is 31.2 Å². The van der Waals surface area contributed by atoms with Crippen molar-refractivity contribution in [3.63, 3.8) is 0 Å². The van der Waals surface area contributed by atoms with E-state index in [0.29, 0.717) is 0 Å². The highest BCUT2D eigenvalue weighted by molar-refractivity contribution is 7.18. The second-order valence-corrected chi connectivity index (χ2v) is 4.75. The van der Waals surface area contributed by atoms with Crippen molar-refractivity contribution in [2.75, 3.05) is 0 Å². The zero-order chi connectivity index (χ0) is 11.0. The fourth-order valence-corrected chi connectivity index (χ4v) is 2.55. The number of benzene rings is 1. The van der Waals surface area contributed by atoms with Gasteiger partial charge < -0.3 is 0 Å². The Morgan fingerprint density at radius 3 is 3.00 bits per heavy atom. The maximum Gasteiger partial charge on any atom is 0.0915 e. The third kappa shape index (κ3) is 1.49. The lowest BCUT2D eigenvalue weighted by Gasteiger charge is -1.99. The summed E-state index contributed by atoms with van der Waals surface area (Å²) in [5.74, 6) is 0. The van der Waals surface area contributed by atoms with Gasteiger partial charge in [-0.25, -0.2) is 4.98 Å². The molecule has 1 aromatic carbocycles. The number of thiazole rings is 1. The second kappa shape index (κ2) is 3.68. The largest absolute Gasteiger partial charge is 0.256 e. The zero-order valence-electron chi connectivity index (χ0n) is 8.77. The monoisotopic (exact) mass is 225 g/mol. The maximum atomic E-state index is 4.54. The van der Waals surface area contributed by atoms with E-state index in [1.165, 1.54) is 4.70 Å². The van der Waals surface area contributed by atoms with Crippen molar-refractivity contribution < 1.29 is 0 Å². The van der Waals surface area contributed by atoms with Crippen LogP contribution in [0.4, 0.5) is 0 Å². The first-order valence-corrected chi connectivity index (χ1v) is 5.85. The fraction of sp³-hybridized carbons (Fsp3) is 0.0769. The van der Waals surface area contributed by atoms with Gasteiger partial charge in [-0.2, -0.15) is 0 Å². The molecular formula is C13H9N2S. The first kappa shape index (κ1) is 9.48. The van der Waals surface area contributed by atoms with Crippen molar-refractivity contribution in [1.82, 2.24) is 9.97 Å². The number of hydrogen-bond acceptors (Lipinski definition) is 3. The van der Waals surface area contributed by atoms with Gasteiger partial charge in [0.25, 0.3) is 0 Å². The van der Waals surface area contributed by atoms with Gasteiger partial charge in [0.05, 0.1) is 20.9 Å². The van der Waals surface area contributed by atoms with Crippen LogP contribution in [-0.2, 0) is 0 Å². The van der Waals surface area contributed by atoms with Crippen molar-refractivity contribution in [1.29, 1.82) is 0 Å². The van der Waals surface area contributed by atoms with E-state index in [2.05, 4.69) is 16.0 Å². The SMILES string of the molecule is Cc1nc2c(-c3ccccn3)[c]ccc2s1. The van der Waals surface area contributed by atoms with Crippen molar-refractivity contribution in [2.45, 2.75) is 6.92 Å². The fourth-order valence-electron chi connectivity index (χ4n) is 1.71. The number of aromatic nitrogens is 2. The number of nitrogens with zero attached hydrogens (tertiary/aromatic N) is 2. The molecule has 3 rings (SSSR count). The van der Waals surface area contributed by atoms with Gasteiger partial charge in [-0.3, -0.25) is 4.98 Å². The molecule has 77 valence electrons. The molecule has 0 aliphatic heterocycles. The highest BCUT2D eigenvalue weighted by Gasteiger charge is 2.08. The molecule has 0 atom stereocenters. The number of pyridine rings is 1. The Kier molecular flexibility index (Phi) is 2.18. The molecule has 0 N–H and O–H groups in total. The van der Waals surface area contributed by atoms with Gasteiger partial charge in [0.15, 0.2) is 0 Å². The number of aryl methyl sites for hydroxylation is 1. The van der Waals surface area contributed by atoms with E-state index in [9.17, 15) is 0 Å².